The molecule has 10 heteroatoms. The molecule has 0 spiro atoms. The smallest absolute Gasteiger partial charge is 0.346 e. The van der Waals surface area contributed by atoms with Crippen molar-refractivity contribution in [3.05, 3.63) is 0 Å². The van der Waals surface area contributed by atoms with Crippen molar-refractivity contribution in [2.45, 2.75) is 51.4 Å². The average molecular weight is 329 g/mol. The molecule has 0 saturated carbocycles. The van der Waals surface area contributed by atoms with Crippen molar-refractivity contribution in [2.24, 2.45) is 0 Å². The molecular formula is C11H18FO8S-. The number of rotatable bonds is 6. The normalized spacial score (nSPS) is 26.1. The molecule has 0 unspecified atom stereocenters. The Labute approximate surface area is 122 Å². The number of carbonyl (C=O) groups excluding carboxylic acids is 1. The Kier molecular flexibility index (Phi) is 5.32. The van der Waals surface area contributed by atoms with Crippen LogP contribution in [0.2, 0.25) is 0 Å². The van der Waals surface area contributed by atoms with Gasteiger partial charge in [-0.05, 0) is 27.7 Å². The molecule has 21 heavy (non-hydrogen) atoms. The van der Waals surface area contributed by atoms with Crippen molar-refractivity contribution < 1.29 is 40.5 Å². The number of carbonyl (C=O) groups is 1. The van der Waals surface area contributed by atoms with Crippen molar-refractivity contribution in [1.82, 2.24) is 0 Å². The van der Waals surface area contributed by atoms with Crippen LogP contribution in [0.4, 0.5) is 4.39 Å². The zero-order valence-electron chi connectivity index (χ0n) is 12.1. The third kappa shape index (κ3) is 4.85. The van der Waals surface area contributed by atoms with Crippen LogP contribution in [0.15, 0.2) is 0 Å². The molecule has 0 aromatic carbocycles. The molecule has 3 atom stereocenters. The summed E-state index contributed by atoms with van der Waals surface area (Å²) in [7, 11) is -5.26. The van der Waals surface area contributed by atoms with Gasteiger partial charge in [-0.25, -0.2) is 17.6 Å². The fourth-order valence-electron chi connectivity index (χ4n) is 1.88. The molecule has 0 N–H and O–H groups in total. The van der Waals surface area contributed by atoms with Gasteiger partial charge >= 0.3 is 5.97 Å². The molecule has 124 valence electrons. The minimum absolute atomic E-state index is 0.122. The van der Waals surface area contributed by atoms with Gasteiger partial charge in [0.25, 0.3) is 0 Å². The molecule has 1 rings (SSSR count). The van der Waals surface area contributed by atoms with E-state index in [0.717, 1.165) is 6.92 Å². The molecule has 0 aliphatic carbocycles. The summed E-state index contributed by atoms with van der Waals surface area (Å²) in [5.41, 5.74) is -2.90. The lowest BCUT2D eigenvalue weighted by atomic mass is 9.97. The summed E-state index contributed by atoms with van der Waals surface area (Å²) >= 11 is 0. The maximum Gasteiger partial charge on any atom is 0.346 e. The zero-order valence-corrected chi connectivity index (χ0v) is 12.9. The first-order valence-electron chi connectivity index (χ1n) is 6.21. The van der Waals surface area contributed by atoms with Crippen molar-refractivity contribution in [2.75, 3.05) is 13.2 Å². The minimum atomic E-state index is -5.26. The van der Waals surface area contributed by atoms with E-state index in [4.69, 9.17) is 9.47 Å². The van der Waals surface area contributed by atoms with E-state index in [-0.39, 0.29) is 13.2 Å². The van der Waals surface area contributed by atoms with Gasteiger partial charge in [-0.1, -0.05) is 0 Å². The van der Waals surface area contributed by atoms with Gasteiger partial charge in [0.05, 0.1) is 13.2 Å². The summed E-state index contributed by atoms with van der Waals surface area (Å²) in [6, 6.07) is 0. The highest BCUT2D eigenvalue weighted by atomic mass is 32.3. The number of ether oxygens (including phenoxy) is 3. The molecule has 0 radical (unpaired) electrons. The number of hydrogen-bond donors (Lipinski definition) is 0. The standard InChI is InChI=1S/C11H19FO8S/c1-5-17-9(13)11(4,12)8(20-21(14,15)16)7-6-18-10(2,3)19-7/h7-8H,5-6H2,1-4H3,(H,14,15,16)/p-1/t7-,8-,11-/m1/s1. The molecule has 0 aromatic rings. The second kappa shape index (κ2) is 6.13. The lowest BCUT2D eigenvalue weighted by Gasteiger charge is -2.32. The predicted octanol–water partition coefficient (Wildman–Crippen LogP) is 0.275. The number of alkyl halides is 1. The summed E-state index contributed by atoms with van der Waals surface area (Å²) < 4.78 is 66.2. The van der Waals surface area contributed by atoms with E-state index in [1.165, 1.54) is 20.8 Å². The fourth-order valence-corrected chi connectivity index (χ4v) is 2.44. The molecule has 0 amide bonds. The number of hydrogen-bond acceptors (Lipinski definition) is 8. The third-order valence-corrected chi connectivity index (χ3v) is 3.24. The van der Waals surface area contributed by atoms with Crippen LogP contribution in [0.25, 0.3) is 0 Å². The summed E-state index contributed by atoms with van der Waals surface area (Å²) in [6.07, 6.45) is -3.27. The maximum absolute atomic E-state index is 14.6. The van der Waals surface area contributed by atoms with Gasteiger partial charge in [-0.15, -0.1) is 0 Å². The van der Waals surface area contributed by atoms with Crippen LogP contribution in [0.1, 0.15) is 27.7 Å². The van der Waals surface area contributed by atoms with E-state index in [1.807, 2.05) is 0 Å². The van der Waals surface area contributed by atoms with E-state index in [1.54, 1.807) is 0 Å². The molecule has 8 nitrogen and oxygen atoms in total. The molecule has 1 aliphatic rings. The van der Waals surface area contributed by atoms with E-state index in [0.29, 0.717) is 0 Å². The summed E-state index contributed by atoms with van der Waals surface area (Å²) in [5.74, 6) is -2.48. The van der Waals surface area contributed by atoms with Crippen molar-refractivity contribution >= 4 is 16.4 Å². The number of halogens is 1. The first-order valence-corrected chi connectivity index (χ1v) is 7.54. The zero-order chi connectivity index (χ0) is 16.5. The summed E-state index contributed by atoms with van der Waals surface area (Å²) in [4.78, 5) is 11.6. The summed E-state index contributed by atoms with van der Waals surface area (Å²) in [6.45, 7) is 4.86. The molecule has 1 saturated heterocycles. The summed E-state index contributed by atoms with van der Waals surface area (Å²) in [5, 5.41) is 0. The topological polar surface area (TPSA) is 111 Å². The first kappa shape index (κ1) is 18.2. The molecule has 0 bridgehead atoms. The average Bonchev–Trinajstić information content (AvgIpc) is 2.65. The van der Waals surface area contributed by atoms with Crippen LogP contribution in [0.5, 0.6) is 0 Å². The number of esters is 1. The maximum atomic E-state index is 14.6. The quantitative estimate of drug-likeness (QED) is 0.388. The fraction of sp³-hybridized carbons (Fsp3) is 0.909. The van der Waals surface area contributed by atoms with Crippen LogP contribution in [0, 0.1) is 0 Å². The Morgan fingerprint density at radius 3 is 2.52 bits per heavy atom. The second-order valence-corrected chi connectivity index (χ2v) is 6.10. The molecule has 1 fully saturated rings. The van der Waals surface area contributed by atoms with Crippen molar-refractivity contribution in [3.8, 4) is 0 Å². The van der Waals surface area contributed by atoms with Gasteiger partial charge in [-0.3, -0.25) is 4.18 Å². The Balaban J connectivity index is 3.05. The van der Waals surface area contributed by atoms with Crippen molar-refractivity contribution in [3.63, 3.8) is 0 Å². The Morgan fingerprint density at radius 2 is 2.14 bits per heavy atom. The van der Waals surface area contributed by atoms with E-state index in [2.05, 4.69) is 8.92 Å². The Morgan fingerprint density at radius 1 is 1.57 bits per heavy atom. The van der Waals surface area contributed by atoms with Crippen LogP contribution < -0.4 is 0 Å². The van der Waals surface area contributed by atoms with Gasteiger partial charge < -0.3 is 18.8 Å². The third-order valence-electron chi connectivity index (χ3n) is 2.80. The first-order chi connectivity index (χ1) is 9.39. The predicted molar refractivity (Wildman–Crippen MR) is 65.6 cm³/mol. The van der Waals surface area contributed by atoms with Crippen LogP contribution in [-0.4, -0.2) is 55.8 Å². The molecule has 1 aliphatic heterocycles. The van der Waals surface area contributed by atoms with Gasteiger partial charge in [0, 0.05) is 0 Å². The lowest BCUT2D eigenvalue weighted by molar-refractivity contribution is -0.179. The van der Waals surface area contributed by atoms with Gasteiger partial charge in [-0.2, -0.15) is 0 Å². The highest BCUT2D eigenvalue weighted by molar-refractivity contribution is 7.80. The van der Waals surface area contributed by atoms with Gasteiger partial charge in [0.1, 0.15) is 12.2 Å². The van der Waals surface area contributed by atoms with Gasteiger partial charge in [0.15, 0.2) is 5.79 Å². The van der Waals surface area contributed by atoms with Crippen LogP contribution in [0.3, 0.4) is 0 Å². The van der Waals surface area contributed by atoms with E-state index in [9.17, 15) is 22.2 Å². The van der Waals surface area contributed by atoms with Crippen molar-refractivity contribution in [1.29, 1.82) is 0 Å². The molecule has 0 aromatic heterocycles. The highest BCUT2D eigenvalue weighted by Gasteiger charge is 2.53. The monoisotopic (exact) mass is 329 g/mol. The SMILES string of the molecule is CCOC(=O)[C@](C)(F)[C@H](OS(=O)(=O)[O-])[C@H]1COC(C)(C)O1. The second-order valence-electron chi connectivity index (χ2n) is 5.09. The highest BCUT2D eigenvalue weighted by Crippen LogP contribution is 2.33. The van der Waals surface area contributed by atoms with Crippen LogP contribution >= 0.6 is 0 Å². The molecular weight excluding hydrogens is 311 g/mol. The van der Waals surface area contributed by atoms with E-state index >= 15 is 0 Å². The minimum Gasteiger partial charge on any atom is -0.726 e. The van der Waals surface area contributed by atoms with Gasteiger partial charge in [0.2, 0.25) is 16.1 Å². The Bertz CT molecular complexity index is 486. The Hall–Kier alpha value is -0.810. The molecule has 1 heterocycles. The van der Waals surface area contributed by atoms with E-state index < -0.39 is 40.0 Å². The van der Waals surface area contributed by atoms with Crippen LogP contribution in [-0.2, 0) is 33.6 Å². The lowest BCUT2D eigenvalue weighted by Crippen LogP contribution is -2.53. The largest absolute Gasteiger partial charge is 0.726 e.